The molecule has 0 radical (unpaired) electrons. The van der Waals surface area contributed by atoms with Gasteiger partial charge in [-0.05, 0) is 25.6 Å². The Morgan fingerprint density at radius 2 is 2.21 bits per heavy atom. The van der Waals surface area contributed by atoms with Crippen molar-refractivity contribution in [2.24, 2.45) is 0 Å². The highest BCUT2D eigenvalue weighted by Gasteiger charge is 2.10. The van der Waals surface area contributed by atoms with Gasteiger partial charge >= 0.3 is 5.97 Å². The van der Waals surface area contributed by atoms with Gasteiger partial charge < -0.3 is 15.3 Å². The molecule has 0 unspecified atom stereocenters. The zero-order valence-electron chi connectivity index (χ0n) is 11.3. The molecule has 0 bridgehead atoms. The second kappa shape index (κ2) is 7.96. The fourth-order valence-electron chi connectivity index (χ4n) is 1.79. The Bertz CT molecular complexity index is 426. The number of hydrogen-bond acceptors (Lipinski definition) is 4. The summed E-state index contributed by atoms with van der Waals surface area (Å²) >= 11 is 5.76. The van der Waals surface area contributed by atoms with Gasteiger partial charge in [0.05, 0.1) is 10.6 Å². The number of anilines is 1. The Morgan fingerprint density at radius 1 is 1.47 bits per heavy atom. The minimum absolute atomic E-state index is 0.0695. The third-order valence-corrected chi connectivity index (χ3v) is 3.11. The van der Waals surface area contributed by atoms with Gasteiger partial charge in [-0.15, -0.1) is 0 Å². The second-order valence-corrected chi connectivity index (χ2v) is 4.62. The predicted molar refractivity (Wildman–Crippen MR) is 77.1 cm³/mol. The molecule has 0 aromatic carbocycles. The largest absolute Gasteiger partial charge is 0.478 e. The molecule has 2 N–H and O–H groups in total. The van der Waals surface area contributed by atoms with Crippen LogP contribution in [0.25, 0.3) is 0 Å². The number of aromatic carboxylic acids is 1. The Morgan fingerprint density at radius 3 is 2.79 bits per heavy atom. The zero-order chi connectivity index (χ0) is 14.3. The molecule has 0 fully saturated rings. The van der Waals surface area contributed by atoms with Crippen molar-refractivity contribution in [3.05, 3.63) is 22.8 Å². The predicted octanol–water partition coefficient (Wildman–Crippen LogP) is 2.58. The molecule has 1 aromatic rings. The number of nitrogens with one attached hydrogen (secondary N) is 1. The number of pyridine rings is 1. The molecule has 0 aliphatic carbocycles. The summed E-state index contributed by atoms with van der Waals surface area (Å²) in [6.07, 6.45) is 2.48. The fraction of sp³-hybridized carbons (Fsp3) is 0.538. The molecule has 0 aliphatic heterocycles. The number of likely N-dealkylation sites (N-methyl/N-ethyl adjacent to an activating group) is 1. The molecule has 5 nitrogen and oxygen atoms in total. The molecule has 0 atom stereocenters. The van der Waals surface area contributed by atoms with Crippen LogP contribution in [0, 0.1) is 0 Å². The molecular weight excluding hydrogens is 266 g/mol. The summed E-state index contributed by atoms with van der Waals surface area (Å²) in [6.45, 7) is 7.96. The third kappa shape index (κ3) is 5.04. The van der Waals surface area contributed by atoms with Gasteiger partial charge in [0.15, 0.2) is 0 Å². The molecule has 6 heteroatoms. The quantitative estimate of drug-likeness (QED) is 0.768. The lowest BCUT2D eigenvalue weighted by molar-refractivity contribution is 0.0697. The molecule has 0 saturated carbocycles. The van der Waals surface area contributed by atoms with Gasteiger partial charge in [0.2, 0.25) is 0 Å². The first kappa shape index (κ1) is 15.7. The number of nitrogens with zero attached hydrogens (tertiary/aromatic N) is 2. The van der Waals surface area contributed by atoms with E-state index in [1.165, 1.54) is 12.3 Å². The maximum Gasteiger partial charge on any atom is 0.337 e. The molecule has 0 amide bonds. The molecule has 1 aromatic heterocycles. The van der Waals surface area contributed by atoms with Crippen LogP contribution in [0.2, 0.25) is 5.02 Å². The number of carboxylic acids is 1. The maximum atomic E-state index is 10.9. The van der Waals surface area contributed by atoms with Crippen LogP contribution >= 0.6 is 11.6 Å². The van der Waals surface area contributed by atoms with Crippen molar-refractivity contribution >= 4 is 23.4 Å². The first-order valence-electron chi connectivity index (χ1n) is 6.43. The average molecular weight is 286 g/mol. The van der Waals surface area contributed by atoms with E-state index in [0.29, 0.717) is 5.82 Å². The van der Waals surface area contributed by atoms with E-state index in [9.17, 15) is 4.79 Å². The van der Waals surface area contributed by atoms with E-state index >= 15 is 0 Å². The van der Waals surface area contributed by atoms with E-state index < -0.39 is 5.97 Å². The minimum atomic E-state index is -1.04. The van der Waals surface area contributed by atoms with Crippen molar-refractivity contribution in [3.8, 4) is 0 Å². The van der Waals surface area contributed by atoms with Gasteiger partial charge in [-0.2, -0.15) is 0 Å². The summed E-state index contributed by atoms with van der Waals surface area (Å²) in [7, 11) is 0. The molecule has 106 valence electrons. The molecule has 1 heterocycles. The first-order chi connectivity index (χ1) is 9.08. The number of carboxylic acid groups (broad SMARTS) is 1. The van der Waals surface area contributed by atoms with Crippen molar-refractivity contribution in [2.75, 3.05) is 31.5 Å². The summed E-state index contributed by atoms with van der Waals surface area (Å²) < 4.78 is 0. The van der Waals surface area contributed by atoms with Crippen molar-refractivity contribution in [1.82, 2.24) is 9.88 Å². The van der Waals surface area contributed by atoms with Crippen LogP contribution in [0.3, 0.4) is 0 Å². The van der Waals surface area contributed by atoms with Crippen LogP contribution in [0.1, 0.15) is 30.6 Å². The van der Waals surface area contributed by atoms with E-state index in [-0.39, 0.29) is 10.6 Å². The SMILES string of the molecule is CCCN(CC)CCNc1cc(C(=O)O)c(Cl)cn1. The van der Waals surface area contributed by atoms with Crippen molar-refractivity contribution in [2.45, 2.75) is 20.3 Å². The second-order valence-electron chi connectivity index (χ2n) is 4.22. The average Bonchev–Trinajstić information content (AvgIpc) is 2.39. The molecule has 19 heavy (non-hydrogen) atoms. The lowest BCUT2D eigenvalue weighted by atomic mass is 10.2. The number of hydrogen-bond donors (Lipinski definition) is 2. The highest BCUT2D eigenvalue weighted by Crippen LogP contribution is 2.17. The number of aromatic nitrogens is 1. The van der Waals surface area contributed by atoms with E-state index in [4.69, 9.17) is 16.7 Å². The number of carbonyl (C=O) groups is 1. The highest BCUT2D eigenvalue weighted by atomic mass is 35.5. The Kier molecular flexibility index (Phi) is 6.59. The third-order valence-electron chi connectivity index (χ3n) is 2.81. The summed E-state index contributed by atoms with van der Waals surface area (Å²) in [5.74, 6) is -0.508. The first-order valence-corrected chi connectivity index (χ1v) is 6.81. The number of rotatable bonds is 8. The van der Waals surface area contributed by atoms with Crippen LogP contribution < -0.4 is 5.32 Å². The van der Waals surface area contributed by atoms with Crippen molar-refractivity contribution in [1.29, 1.82) is 0 Å². The van der Waals surface area contributed by atoms with Crippen LogP contribution in [0.5, 0.6) is 0 Å². The molecular formula is C13H20ClN3O2. The Hall–Kier alpha value is -1.33. The highest BCUT2D eigenvalue weighted by molar-refractivity contribution is 6.33. The van der Waals surface area contributed by atoms with Gasteiger partial charge in [-0.25, -0.2) is 9.78 Å². The summed E-state index contributed by atoms with van der Waals surface area (Å²) in [5.41, 5.74) is 0.0695. The van der Waals surface area contributed by atoms with E-state index in [1.54, 1.807) is 0 Å². The number of halogens is 1. The van der Waals surface area contributed by atoms with Crippen LogP contribution in [-0.2, 0) is 0 Å². The Labute approximate surface area is 118 Å². The molecule has 0 spiro atoms. The monoisotopic (exact) mass is 285 g/mol. The van der Waals surface area contributed by atoms with Gasteiger partial charge in [-0.3, -0.25) is 0 Å². The lowest BCUT2D eigenvalue weighted by Gasteiger charge is -2.19. The summed E-state index contributed by atoms with van der Waals surface area (Å²) in [5, 5.41) is 12.2. The van der Waals surface area contributed by atoms with Crippen LogP contribution in [0.15, 0.2) is 12.3 Å². The van der Waals surface area contributed by atoms with Gasteiger partial charge in [0.25, 0.3) is 0 Å². The van der Waals surface area contributed by atoms with Crippen LogP contribution in [-0.4, -0.2) is 47.1 Å². The minimum Gasteiger partial charge on any atom is -0.478 e. The topological polar surface area (TPSA) is 65.5 Å². The van der Waals surface area contributed by atoms with E-state index in [1.807, 2.05) is 0 Å². The van der Waals surface area contributed by atoms with Crippen LogP contribution in [0.4, 0.5) is 5.82 Å². The van der Waals surface area contributed by atoms with E-state index in [0.717, 1.165) is 32.6 Å². The fourth-order valence-corrected chi connectivity index (χ4v) is 1.97. The Balaban J connectivity index is 2.54. The molecule has 0 aliphatic rings. The van der Waals surface area contributed by atoms with Crippen molar-refractivity contribution in [3.63, 3.8) is 0 Å². The van der Waals surface area contributed by atoms with E-state index in [2.05, 4.69) is 29.0 Å². The van der Waals surface area contributed by atoms with Crippen molar-refractivity contribution < 1.29 is 9.90 Å². The maximum absolute atomic E-state index is 10.9. The zero-order valence-corrected chi connectivity index (χ0v) is 12.1. The molecule has 0 saturated heterocycles. The standard InChI is InChI=1S/C13H20ClN3O2/c1-3-6-17(4-2)7-5-15-12-8-10(13(18)19)11(14)9-16-12/h8-9H,3-7H2,1-2H3,(H,15,16)(H,18,19). The molecule has 1 rings (SSSR count). The van der Waals surface area contributed by atoms with Gasteiger partial charge in [-0.1, -0.05) is 25.4 Å². The lowest BCUT2D eigenvalue weighted by Crippen LogP contribution is -2.29. The normalized spacial score (nSPS) is 10.7. The summed E-state index contributed by atoms with van der Waals surface area (Å²) in [6, 6.07) is 1.46. The summed E-state index contributed by atoms with van der Waals surface area (Å²) in [4.78, 5) is 17.3. The van der Waals surface area contributed by atoms with Gasteiger partial charge in [0, 0.05) is 19.3 Å². The van der Waals surface area contributed by atoms with Gasteiger partial charge in [0.1, 0.15) is 5.82 Å². The smallest absolute Gasteiger partial charge is 0.337 e.